The lowest BCUT2D eigenvalue weighted by molar-refractivity contribution is -0.123. The number of nitrogens with one attached hydrogen (secondary N) is 1. The first-order valence-corrected chi connectivity index (χ1v) is 10.4. The van der Waals surface area contributed by atoms with Crippen LogP contribution in [0, 0.1) is 0 Å². The summed E-state index contributed by atoms with van der Waals surface area (Å²) in [5.41, 5.74) is 3.87. The maximum Gasteiger partial charge on any atom is 0.257 e. The molecule has 0 radical (unpaired) electrons. The number of hydrogen-bond acceptors (Lipinski definition) is 3. The van der Waals surface area contributed by atoms with Crippen LogP contribution in [-0.2, 0) is 27.8 Å². The molecule has 1 aliphatic carbocycles. The van der Waals surface area contributed by atoms with Crippen LogP contribution in [-0.4, -0.2) is 32.3 Å². The number of aryl methyl sites for hydroxylation is 1. The molecule has 0 bridgehead atoms. The second kappa shape index (κ2) is 8.78. The van der Waals surface area contributed by atoms with E-state index in [9.17, 15) is 4.79 Å². The molecule has 4 rings (SSSR count). The largest absolute Gasteiger partial charge is 0.483 e. The van der Waals surface area contributed by atoms with E-state index >= 15 is 0 Å². The van der Waals surface area contributed by atoms with Crippen molar-refractivity contribution >= 4 is 5.91 Å². The van der Waals surface area contributed by atoms with E-state index in [1.165, 1.54) is 29.5 Å². The van der Waals surface area contributed by atoms with Gasteiger partial charge >= 0.3 is 0 Å². The Morgan fingerprint density at radius 1 is 1.00 bits per heavy atom. The van der Waals surface area contributed by atoms with Crippen LogP contribution in [0.2, 0.25) is 0 Å². The first-order valence-electron chi connectivity index (χ1n) is 10.4. The average molecular weight is 380 g/mol. The third kappa shape index (κ3) is 4.22. The molecule has 0 atom stereocenters. The minimum Gasteiger partial charge on any atom is -0.483 e. The summed E-state index contributed by atoms with van der Waals surface area (Å²) in [7, 11) is 0. The fourth-order valence-corrected chi connectivity index (χ4v) is 4.46. The summed E-state index contributed by atoms with van der Waals surface area (Å²) in [6.07, 6.45) is 6.43. The highest BCUT2D eigenvalue weighted by molar-refractivity contribution is 5.77. The molecule has 1 aliphatic heterocycles. The molecule has 1 fully saturated rings. The van der Waals surface area contributed by atoms with E-state index in [-0.39, 0.29) is 17.9 Å². The van der Waals surface area contributed by atoms with Crippen molar-refractivity contribution in [2.75, 3.05) is 26.4 Å². The number of fused-ring (bicyclic) bond motifs is 1. The smallest absolute Gasteiger partial charge is 0.257 e. The Morgan fingerprint density at radius 3 is 2.61 bits per heavy atom. The van der Waals surface area contributed by atoms with Crippen LogP contribution in [0.4, 0.5) is 0 Å². The minimum absolute atomic E-state index is 0.0545. The van der Waals surface area contributed by atoms with Crippen LogP contribution in [0.1, 0.15) is 42.4 Å². The molecule has 4 heteroatoms. The number of carbonyl (C=O) groups is 1. The Bertz CT molecular complexity index is 797. The number of hydrogen-bond donors (Lipinski definition) is 1. The van der Waals surface area contributed by atoms with Crippen LogP contribution >= 0.6 is 0 Å². The second-order valence-corrected chi connectivity index (χ2v) is 7.93. The van der Waals surface area contributed by atoms with Crippen molar-refractivity contribution in [3.05, 3.63) is 65.2 Å². The molecule has 0 saturated carbocycles. The van der Waals surface area contributed by atoms with Crippen LogP contribution < -0.4 is 10.1 Å². The van der Waals surface area contributed by atoms with Gasteiger partial charge in [0.1, 0.15) is 5.75 Å². The summed E-state index contributed by atoms with van der Waals surface area (Å²) in [4.78, 5) is 12.5. The number of benzene rings is 2. The zero-order valence-electron chi connectivity index (χ0n) is 16.4. The van der Waals surface area contributed by atoms with Gasteiger partial charge in [0.05, 0.1) is 0 Å². The van der Waals surface area contributed by atoms with Crippen LogP contribution in [0.5, 0.6) is 5.75 Å². The number of carbonyl (C=O) groups excluding carboxylic acids is 1. The Hall–Kier alpha value is -2.33. The molecular weight excluding hydrogens is 350 g/mol. The fraction of sp³-hybridized carbons (Fsp3) is 0.458. The molecule has 1 amide bonds. The van der Waals surface area contributed by atoms with Gasteiger partial charge in [-0.1, -0.05) is 42.5 Å². The van der Waals surface area contributed by atoms with Crippen molar-refractivity contribution < 1.29 is 14.3 Å². The Labute approximate surface area is 167 Å². The maximum absolute atomic E-state index is 12.5. The quantitative estimate of drug-likeness (QED) is 0.830. The van der Waals surface area contributed by atoms with E-state index in [1.54, 1.807) is 0 Å². The van der Waals surface area contributed by atoms with Gasteiger partial charge in [0.15, 0.2) is 6.61 Å². The molecule has 2 aromatic carbocycles. The Morgan fingerprint density at radius 2 is 1.79 bits per heavy atom. The maximum atomic E-state index is 12.5. The number of ether oxygens (including phenoxy) is 2. The average Bonchev–Trinajstić information content (AvgIpc) is 2.77. The molecule has 0 unspecified atom stereocenters. The van der Waals surface area contributed by atoms with Gasteiger partial charge in [-0.25, -0.2) is 0 Å². The van der Waals surface area contributed by atoms with E-state index in [0.29, 0.717) is 6.54 Å². The fourth-order valence-electron chi connectivity index (χ4n) is 4.46. The zero-order chi connectivity index (χ0) is 19.2. The van der Waals surface area contributed by atoms with Gasteiger partial charge in [0.25, 0.3) is 5.91 Å². The predicted molar refractivity (Wildman–Crippen MR) is 110 cm³/mol. The van der Waals surface area contributed by atoms with Gasteiger partial charge in [-0.05, 0) is 61.3 Å². The summed E-state index contributed by atoms with van der Waals surface area (Å²) < 4.78 is 11.5. The summed E-state index contributed by atoms with van der Waals surface area (Å²) in [5, 5.41) is 3.12. The molecule has 1 heterocycles. The second-order valence-electron chi connectivity index (χ2n) is 7.93. The van der Waals surface area contributed by atoms with Crippen molar-refractivity contribution in [2.45, 2.75) is 43.9 Å². The standard InChI is InChI=1S/C24H29NO3/c26-23(17-28-22-12-6-8-19-7-4-5-11-21(19)22)25-18-24(13-15-27-16-14-24)20-9-2-1-3-10-20/h1-3,6,8-10,12H,4-5,7,11,13-18H2,(H,25,26). The van der Waals surface area contributed by atoms with Crippen molar-refractivity contribution in [2.24, 2.45) is 0 Å². The number of rotatable bonds is 6. The van der Waals surface area contributed by atoms with Gasteiger partial charge < -0.3 is 14.8 Å². The van der Waals surface area contributed by atoms with Gasteiger partial charge in [-0.2, -0.15) is 0 Å². The van der Waals surface area contributed by atoms with Crippen molar-refractivity contribution in [1.29, 1.82) is 0 Å². The monoisotopic (exact) mass is 379 g/mol. The van der Waals surface area contributed by atoms with Crippen molar-refractivity contribution in [1.82, 2.24) is 5.32 Å². The molecule has 1 saturated heterocycles. The van der Waals surface area contributed by atoms with E-state index < -0.39 is 0 Å². The highest BCUT2D eigenvalue weighted by Gasteiger charge is 2.34. The first kappa shape index (κ1) is 19.0. The number of amides is 1. The van der Waals surface area contributed by atoms with Crippen LogP contribution in [0.25, 0.3) is 0 Å². The van der Waals surface area contributed by atoms with E-state index in [4.69, 9.17) is 9.47 Å². The molecular formula is C24H29NO3. The van der Waals surface area contributed by atoms with Gasteiger partial charge in [-0.3, -0.25) is 4.79 Å². The van der Waals surface area contributed by atoms with E-state index in [0.717, 1.165) is 44.6 Å². The van der Waals surface area contributed by atoms with Gasteiger partial charge in [0.2, 0.25) is 0 Å². The highest BCUT2D eigenvalue weighted by atomic mass is 16.5. The molecule has 2 aliphatic rings. The summed E-state index contributed by atoms with van der Waals surface area (Å²) >= 11 is 0. The van der Waals surface area contributed by atoms with Crippen molar-refractivity contribution in [3.8, 4) is 5.75 Å². The summed E-state index contributed by atoms with van der Waals surface area (Å²) in [6, 6.07) is 16.7. The molecule has 28 heavy (non-hydrogen) atoms. The van der Waals surface area contributed by atoms with Crippen molar-refractivity contribution in [3.63, 3.8) is 0 Å². The lowest BCUT2D eigenvalue weighted by atomic mass is 9.74. The summed E-state index contributed by atoms with van der Waals surface area (Å²) in [5.74, 6) is 0.811. The molecule has 1 N–H and O–H groups in total. The third-order valence-corrected chi connectivity index (χ3v) is 6.17. The lowest BCUT2D eigenvalue weighted by Gasteiger charge is -2.38. The van der Waals surface area contributed by atoms with Crippen LogP contribution in [0.3, 0.4) is 0 Å². The predicted octanol–water partition coefficient (Wildman–Crippen LogP) is 3.81. The van der Waals surface area contributed by atoms with E-state index in [1.807, 2.05) is 18.2 Å². The molecule has 0 spiro atoms. The minimum atomic E-state index is -0.0600. The molecule has 0 aromatic heterocycles. The topological polar surface area (TPSA) is 47.6 Å². The van der Waals surface area contributed by atoms with Gasteiger partial charge in [0, 0.05) is 25.2 Å². The zero-order valence-corrected chi connectivity index (χ0v) is 16.4. The van der Waals surface area contributed by atoms with Crippen LogP contribution in [0.15, 0.2) is 48.5 Å². The SMILES string of the molecule is O=C(COc1cccc2c1CCCC2)NCC1(c2ccccc2)CCOCC1. The summed E-state index contributed by atoms with van der Waals surface area (Å²) in [6.45, 7) is 2.15. The lowest BCUT2D eigenvalue weighted by Crippen LogP contribution is -2.45. The highest BCUT2D eigenvalue weighted by Crippen LogP contribution is 2.34. The normalized spacial score (nSPS) is 18.1. The first-order chi connectivity index (χ1) is 13.8. The van der Waals surface area contributed by atoms with Gasteiger partial charge in [-0.15, -0.1) is 0 Å². The Kier molecular flexibility index (Phi) is 5.96. The van der Waals surface area contributed by atoms with E-state index in [2.05, 4.69) is 35.6 Å². The molecule has 2 aromatic rings. The molecule has 4 nitrogen and oxygen atoms in total. The molecule has 148 valence electrons. The Balaban J connectivity index is 1.37. The third-order valence-electron chi connectivity index (χ3n) is 6.17.